The van der Waals surface area contributed by atoms with Crippen LogP contribution in [0.15, 0.2) is 60.7 Å². The maximum atomic E-state index is 4.25. The van der Waals surface area contributed by atoms with Gasteiger partial charge in [-0.25, -0.2) is 0 Å². The molecule has 0 bridgehead atoms. The van der Waals surface area contributed by atoms with Gasteiger partial charge in [0.15, 0.2) is 5.82 Å². The minimum absolute atomic E-state index is 0.159. The molecule has 3 rings (SSSR count). The average Bonchev–Trinajstić information content (AvgIpc) is 3.16. The van der Waals surface area contributed by atoms with Crippen LogP contribution in [0.3, 0.4) is 0 Å². The van der Waals surface area contributed by atoms with E-state index in [0.717, 1.165) is 30.9 Å². The van der Waals surface area contributed by atoms with Crippen molar-refractivity contribution >= 4 is 0 Å². The minimum atomic E-state index is 0.159. The van der Waals surface area contributed by atoms with Crippen LogP contribution in [0.2, 0.25) is 0 Å². The lowest BCUT2D eigenvalue weighted by Gasteiger charge is -2.23. The van der Waals surface area contributed by atoms with Crippen LogP contribution in [0.4, 0.5) is 0 Å². The number of benzene rings is 2. The summed E-state index contributed by atoms with van der Waals surface area (Å²) < 4.78 is 1.82. The van der Waals surface area contributed by atoms with Gasteiger partial charge in [0.2, 0.25) is 0 Å². The summed E-state index contributed by atoms with van der Waals surface area (Å²) in [6.45, 7) is 3.18. The molecule has 1 heterocycles. The zero-order valence-electron chi connectivity index (χ0n) is 14.9. The molecule has 25 heavy (non-hydrogen) atoms. The summed E-state index contributed by atoms with van der Waals surface area (Å²) in [5.74, 6) is 0.872. The van der Waals surface area contributed by atoms with Gasteiger partial charge < -0.3 is 0 Å². The van der Waals surface area contributed by atoms with E-state index in [4.69, 9.17) is 0 Å². The summed E-state index contributed by atoms with van der Waals surface area (Å²) in [6.07, 6.45) is 3.47. The van der Waals surface area contributed by atoms with Crippen molar-refractivity contribution in [2.75, 3.05) is 13.6 Å². The SMILES string of the molecule is CC(c1nnnn1-c1ccccc1)N(C)CCCCc1ccccc1. The number of para-hydroxylation sites is 1. The van der Waals surface area contributed by atoms with Gasteiger partial charge in [-0.15, -0.1) is 5.10 Å². The molecule has 0 aliphatic rings. The van der Waals surface area contributed by atoms with Crippen molar-refractivity contribution in [2.45, 2.75) is 32.2 Å². The van der Waals surface area contributed by atoms with E-state index >= 15 is 0 Å². The predicted molar refractivity (Wildman–Crippen MR) is 99.6 cm³/mol. The summed E-state index contributed by atoms with van der Waals surface area (Å²) in [5, 5.41) is 12.3. The molecule has 0 spiro atoms. The Hall–Kier alpha value is -2.53. The lowest BCUT2D eigenvalue weighted by molar-refractivity contribution is 0.244. The van der Waals surface area contributed by atoms with Gasteiger partial charge in [0.1, 0.15) is 0 Å². The normalized spacial score (nSPS) is 12.4. The Labute approximate surface area is 149 Å². The number of unbranched alkanes of at least 4 members (excludes halogenated alkanes) is 1. The highest BCUT2D eigenvalue weighted by Crippen LogP contribution is 2.19. The smallest absolute Gasteiger partial charge is 0.173 e. The lowest BCUT2D eigenvalue weighted by atomic mass is 10.1. The zero-order valence-corrected chi connectivity index (χ0v) is 14.9. The highest BCUT2D eigenvalue weighted by atomic mass is 15.6. The Balaban J connectivity index is 1.54. The molecule has 1 atom stereocenters. The van der Waals surface area contributed by atoms with Crippen LogP contribution in [0.25, 0.3) is 5.69 Å². The molecule has 0 saturated heterocycles. The molecule has 3 aromatic rings. The third kappa shape index (κ3) is 4.51. The highest BCUT2D eigenvalue weighted by molar-refractivity contribution is 5.30. The predicted octanol–water partition coefficient (Wildman–Crippen LogP) is 3.68. The molecule has 130 valence electrons. The Kier molecular flexibility index (Phi) is 5.90. The van der Waals surface area contributed by atoms with Crippen molar-refractivity contribution in [3.8, 4) is 5.69 Å². The number of nitrogens with zero attached hydrogens (tertiary/aromatic N) is 5. The van der Waals surface area contributed by atoms with E-state index in [1.807, 2.05) is 35.0 Å². The molecule has 0 fully saturated rings. The van der Waals surface area contributed by atoms with Gasteiger partial charge in [0, 0.05) is 0 Å². The van der Waals surface area contributed by atoms with Crippen molar-refractivity contribution in [1.82, 2.24) is 25.1 Å². The first-order valence-electron chi connectivity index (χ1n) is 8.83. The van der Waals surface area contributed by atoms with E-state index in [1.54, 1.807) is 0 Å². The Morgan fingerprint density at radius 1 is 0.960 bits per heavy atom. The first-order chi connectivity index (χ1) is 12.3. The number of aryl methyl sites for hydroxylation is 1. The maximum absolute atomic E-state index is 4.25. The third-order valence-electron chi connectivity index (χ3n) is 4.60. The van der Waals surface area contributed by atoms with Crippen molar-refractivity contribution in [2.24, 2.45) is 0 Å². The number of rotatable bonds is 8. The highest BCUT2D eigenvalue weighted by Gasteiger charge is 2.19. The van der Waals surface area contributed by atoms with Crippen molar-refractivity contribution in [1.29, 1.82) is 0 Å². The van der Waals surface area contributed by atoms with Crippen molar-refractivity contribution < 1.29 is 0 Å². The molecule has 0 aliphatic carbocycles. The van der Waals surface area contributed by atoms with Gasteiger partial charge in [-0.3, -0.25) is 4.90 Å². The molecule has 0 amide bonds. The molecular weight excluding hydrogens is 310 g/mol. The van der Waals surface area contributed by atoms with Gasteiger partial charge >= 0.3 is 0 Å². The van der Waals surface area contributed by atoms with E-state index in [-0.39, 0.29) is 6.04 Å². The van der Waals surface area contributed by atoms with Crippen LogP contribution in [0.1, 0.15) is 37.2 Å². The molecule has 0 radical (unpaired) electrons. The number of hydrogen-bond acceptors (Lipinski definition) is 4. The summed E-state index contributed by atoms with van der Waals surface area (Å²) in [6, 6.07) is 20.9. The van der Waals surface area contributed by atoms with Crippen LogP contribution in [0, 0.1) is 0 Å². The van der Waals surface area contributed by atoms with Gasteiger partial charge in [0.25, 0.3) is 0 Å². The molecule has 0 aliphatic heterocycles. The van der Waals surface area contributed by atoms with Crippen LogP contribution < -0.4 is 0 Å². The fourth-order valence-electron chi connectivity index (χ4n) is 2.93. The fraction of sp³-hybridized carbons (Fsp3) is 0.350. The van der Waals surface area contributed by atoms with E-state index in [0.29, 0.717) is 0 Å². The van der Waals surface area contributed by atoms with E-state index in [1.165, 1.54) is 12.0 Å². The quantitative estimate of drug-likeness (QED) is 0.589. The summed E-state index contributed by atoms with van der Waals surface area (Å²) in [4.78, 5) is 2.32. The molecule has 0 saturated carbocycles. The van der Waals surface area contributed by atoms with Crippen molar-refractivity contribution in [3.63, 3.8) is 0 Å². The fourth-order valence-corrected chi connectivity index (χ4v) is 2.93. The largest absolute Gasteiger partial charge is 0.297 e. The zero-order chi connectivity index (χ0) is 17.5. The number of aromatic nitrogens is 4. The molecule has 1 aromatic heterocycles. The second kappa shape index (κ2) is 8.53. The standard InChI is InChI=1S/C20H25N5/c1-17(20-21-22-23-25(20)19-14-7-4-8-15-19)24(2)16-10-9-13-18-11-5-3-6-12-18/h3-8,11-12,14-15,17H,9-10,13,16H2,1-2H3. The second-order valence-corrected chi connectivity index (χ2v) is 6.38. The second-order valence-electron chi connectivity index (χ2n) is 6.38. The molecular formula is C20H25N5. The lowest BCUT2D eigenvalue weighted by Crippen LogP contribution is -2.26. The van der Waals surface area contributed by atoms with Crippen LogP contribution >= 0.6 is 0 Å². The molecule has 2 aromatic carbocycles. The van der Waals surface area contributed by atoms with Gasteiger partial charge in [-0.1, -0.05) is 48.5 Å². The Morgan fingerprint density at radius 2 is 1.64 bits per heavy atom. The first kappa shape index (κ1) is 17.3. The minimum Gasteiger partial charge on any atom is -0.297 e. The van der Waals surface area contributed by atoms with Gasteiger partial charge in [0.05, 0.1) is 11.7 Å². The first-order valence-corrected chi connectivity index (χ1v) is 8.83. The average molecular weight is 335 g/mol. The summed E-state index contributed by atoms with van der Waals surface area (Å²) >= 11 is 0. The van der Waals surface area contributed by atoms with Crippen LogP contribution in [-0.2, 0) is 6.42 Å². The Bertz CT molecular complexity index is 754. The van der Waals surface area contributed by atoms with Gasteiger partial charge in [-0.05, 0) is 67.9 Å². The summed E-state index contributed by atoms with van der Waals surface area (Å²) in [7, 11) is 2.14. The van der Waals surface area contributed by atoms with Crippen LogP contribution in [0.5, 0.6) is 0 Å². The van der Waals surface area contributed by atoms with E-state index < -0.39 is 0 Å². The maximum Gasteiger partial charge on any atom is 0.173 e. The summed E-state index contributed by atoms with van der Waals surface area (Å²) in [5.41, 5.74) is 2.40. The molecule has 5 heteroatoms. The molecule has 0 N–H and O–H groups in total. The third-order valence-corrected chi connectivity index (χ3v) is 4.60. The van der Waals surface area contributed by atoms with E-state index in [2.05, 4.69) is 64.7 Å². The Morgan fingerprint density at radius 3 is 2.36 bits per heavy atom. The molecule has 1 unspecified atom stereocenters. The topological polar surface area (TPSA) is 46.8 Å². The number of tetrazole rings is 1. The van der Waals surface area contributed by atoms with Crippen molar-refractivity contribution in [3.05, 3.63) is 72.1 Å². The molecule has 5 nitrogen and oxygen atoms in total. The van der Waals surface area contributed by atoms with Gasteiger partial charge in [-0.2, -0.15) is 4.68 Å². The monoisotopic (exact) mass is 335 g/mol. The van der Waals surface area contributed by atoms with Crippen LogP contribution in [-0.4, -0.2) is 38.7 Å². The number of hydrogen-bond donors (Lipinski definition) is 0. The van der Waals surface area contributed by atoms with E-state index in [9.17, 15) is 0 Å².